The third kappa shape index (κ3) is 8.65. The summed E-state index contributed by atoms with van der Waals surface area (Å²) < 4.78 is 38.9. The number of rotatable bonds is 10. The fourth-order valence-corrected chi connectivity index (χ4v) is 4.09. The second kappa shape index (κ2) is 10.2. The minimum atomic E-state index is -3.72. The summed E-state index contributed by atoms with van der Waals surface area (Å²) in [6, 6.07) is 8.61. The van der Waals surface area contributed by atoms with Crippen molar-refractivity contribution in [3.63, 3.8) is 0 Å². The lowest BCUT2D eigenvalue weighted by Gasteiger charge is -2.27. The SMILES string of the molecule is COc1ccc(CN(Cc2ccco2)C(=O)CC(C)CC(C)(C)C)cc1OS(C)(=O)=O. The predicted molar refractivity (Wildman–Crippen MR) is 119 cm³/mol. The molecule has 0 saturated heterocycles. The topological polar surface area (TPSA) is 86.0 Å². The van der Waals surface area contributed by atoms with Crippen LogP contribution in [0.5, 0.6) is 11.5 Å². The van der Waals surface area contributed by atoms with Gasteiger partial charge in [0, 0.05) is 13.0 Å². The number of methoxy groups -OCH3 is 1. The molecule has 0 saturated carbocycles. The highest BCUT2D eigenvalue weighted by Gasteiger charge is 2.23. The Morgan fingerprint density at radius 3 is 2.42 bits per heavy atom. The first-order chi connectivity index (χ1) is 14.4. The number of hydrogen-bond donors (Lipinski definition) is 0. The van der Waals surface area contributed by atoms with E-state index in [1.807, 2.05) is 6.07 Å². The van der Waals surface area contributed by atoms with Crippen molar-refractivity contribution in [1.29, 1.82) is 0 Å². The molecule has 0 fully saturated rings. The van der Waals surface area contributed by atoms with Gasteiger partial charge in [0.25, 0.3) is 0 Å². The molecule has 8 heteroatoms. The average molecular weight is 452 g/mol. The molecule has 7 nitrogen and oxygen atoms in total. The van der Waals surface area contributed by atoms with Crippen LogP contribution in [-0.2, 0) is 28.0 Å². The van der Waals surface area contributed by atoms with Crippen molar-refractivity contribution in [2.24, 2.45) is 11.3 Å². The van der Waals surface area contributed by atoms with Gasteiger partial charge in [0.05, 0.1) is 26.2 Å². The number of benzene rings is 1. The molecule has 1 aromatic carbocycles. The van der Waals surface area contributed by atoms with E-state index in [1.54, 1.807) is 35.4 Å². The molecule has 2 rings (SSSR count). The third-order valence-electron chi connectivity index (χ3n) is 4.61. The molecule has 0 aliphatic carbocycles. The van der Waals surface area contributed by atoms with E-state index in [0.717, 1.165) is 18.2 Å². The summed E-state index contributed by atoms with van der Waals surface area (Å²) in [6.07, 6.45) is 3.90. The summed E-state index contributed by atoms with van der Waals surface area (Å²) in [7, 11) is -2.28. The normalized spacial score (nSPS) is 13.0. The summed E-state index contributed by atoms with van der Waals surface area (Å²) in [5.41, 5.74) is 0.863. The zero-order valence-corrected chi connectivity index (χ0v) is 20.0. The fraction of sp³-hybridized carbons (Fsp3) is 0.522. The molecule has 1 atom stereocenters. The van der Waals surface area contributed by atoms with Crippen LogP contribution >= 0.6 is 0 Å². The van der Waals surface area contributed by atoms with Crippen LogP contribution in [0.2, 0.25) is 0 Å². The first-order valence-electron chi connectivity index (χ1n) is 10.2. The zero-order chi connectivity index (χ0) is 23.2. The molecule has 172 valence electrons. The van der Waals surface area contributed by atoms with Crippen LogP contribution in [0.3, 0.4) is 0 Å². The molecule has 0 spiro atoms. The highest BCUT2D eigenvalue weighted by molar-refractivity contribution is 7.86. The highest BCUT2D eigenvalue weighted by atomic mass is 32.2. The van der Waals surface area contributed by atoms with Gasteiger partial charge < -0.3 is 18.2 Å². The second-order valence-corrected chi connectivity index (χ2v) is 10.8. The van der Waals surface area contributed by atoms with Crippen LogP contribution in [0.1, 0.15) is 51.9 Å². The summed E-state index contributed by atoms with van der Waals surface area (Å²) >= 11 is 0. The number of carbonyl (C=O) groups is 1. The van der Waals surface area contributed by atoms with Crippen LogP contribution < -0.4 is 8.92 Å². The Labute approximate surface area is 185 Å². The molecule has 1 heterocycles. The summed E-state index contributed by atoms with van der Waals surface area (Å²) in [4.78, 5) is 14.9. The van der Waals surface area contributed by atoms with Gasteiger partial charge >= 0.3 is 10.1 Å². The first-order valence-corrected chi connectivity index (χ1v) is 12.0. The molecule has 0 aliphatic heterocycles. The molecule has 31 heavy (non-hydrogen) atoms. The van der Waals surface area contributed by atoms with Crippen LogP contribution in [0.25, 0.3) is 0 Å². The quantitative estimate of drug-likeness (QED) is 0.490. The van der Waals surface area contributed by atoms with Crippen molar-refractivity contribution in [3.8, 4) is 11.5 Å². The Bertz CT molecular complexity index is 960. The molecular formula is C23H33NO6S. The van der Waals surface area contributed by atoms with E-state index in [0.29, 0.717) is 24.5 Å². The fourth-order valence-electron chi connectivity index (χ4n) is 3.64. The predicted octanol–water partition coefficient (Wildman–Crippen LogP) is 4.62. The maximum Gasteiger partial charge on any atom is 0.306 e. The minimum absolute atomic E-state index is 0.00884. The van der Waals surface area contributed by atoms with E-state index >= 15 is 0 Å². The van der Waals surface area contributed by atoms with E-state index < -0.39 is 10.1 Å². The number of nitrogens with zero attached hydrogens (tertiary/aromatic N) is 1. The maximum atomic E-state index is 13.1. The standard InChI is InChI=1S/C23H33NO6S/c1-17(14-23(2,3)4)12-22(25)24(16-19-8-7-11-29-19)15-18-9-10-20(28-5)21(13-18)30-31(6,26)27/h7-11,13,17H,12,14-16H2,1-6H3. The summed E-state index contributed by atoms with van der Waals surface area (Å²) in [6.45, 7) is 9.17. The Kier molecular flexibility index (Phi) is 8.17. The van der Waals surface area contributed by atoms with Gasteiger partial charge in [-0.25, -0.2) is 0 Å². The Balaban J connectivity index is 2.24. The number of ether oxygens (including phenoxy) is 1. The molecule has 1 unspecified atom stereocenters. The number of carbonyl (C=O) groups excluding carboxylic acids is 1. The van der Waals surface area contributed by atoms with Crippen molar-refractivity contribution >= 4 is 16.0 Å². The second-order valence-electron chi connectivity index (χ2n) is 9.18. The molecule has 0 radical (unpaired) electrons. The van der Waals surface area contributed by atoms with Crippen molar-refractivity contribution in [1.82, 2.24) is 4.90 Å². The number of hydrogen-bond acceptors (Lipinski definition) is 6. The van der Waals surface area contributed by atoms with Crippen molar-refractivity contribution < 1.29 is 26.5 Å². The lowest BCUT2D eigenvalue weighted by Crippen LogP contribution is -2.31. The van der Waals surface area contributed by atoms with Gasteiger partial charge in [-0.15, -0.1) is 0 Å². The molecule has 0 N–H and O–H groups in total. The monoisotopic (exact) mass is 451 g/mol. The van der Waals surface area contributed by atoms with E-state index in [9.17, 15) is 13.2 Å². The largest absolute Gasteiger partial charge is 0.493 e. The van der Waals surface area contributed by atoms with Crippen molar-refractivity contribution in [2.75, 3.05) is 13.4 Å². The Morgan fingerprint density at radius 2 is 1.87 bits per heavy atom. The van der Waals surface area contributed by atoms with Crippen LogP contribution in [-0.4, -0.2) is 32.6 Å². The van der Waals surface area contributed by atoms with Gasteiger partial charge in [0.1, 0.15) is 5.76 Å². The Hall–Kier alpha value is -2.48. The number of amides is 1. The van der Waals surface area contributed by atoms with Gasteiger partial charge in [-0.3, -0.25) is 4.79 Å². The van der Waals surface area contributed by atoms with Crippen LogP contribution in [0.15, 0.2) is 41.0 Å². The molecule has 0 aliphatic rings. The zero-order valence-electron chi connectivity index (χ0n) is 19.2. The third-order valence-corrected chi connectivity index (χ3v) is 5.09. The van der Waals surface area contributed by atoms with Gasteiger partial charge in [-0.05, 0) is 47.6 Å². The number of furan rings is 1. The molecule has 2 aromatic rings. The maximum absolute atomic E-state index is 13.1. The van der Waals surface area contributed by atoms with Crippen LogP contribution in [0.4, 0.5) is 0 Å². The molecule has 1 amide bonds. The van der Waals surface area contributed by atoms with E-state index in [-0.39, 0.29) is 29.5 Å². The Morgan fingerprint density at radius 1 is 1.16 bits per heavy atom. The van der Waals surface area contributed by atoms with E-state index in [1.165, 1.54) is 7.11 Å². The highest BCUT2D eigenvalue weighted by Crippen LogP contribution is 2.31. The van der Waals surface area contributed by atoms with Gasteiger partial charge in [0.15, 0.2) is 11.5 Å². The summed E-state index contributed by atoms with van der Waals surface area (Å²) in [5, 5.41) is 0. The van der Waals surface area contributed by atoms with E-state index in [4.69, 9.17) is 13.3 Å². The smallest absolute Gasteiger partial charge is 0.306 e. The molecule has 0 bridgehead atoms. The minimum Gasteiger partial charge on any atom is -0.493 e. The lowest BCUT2D eigenvalue weighted by molar-refractivity contribution is -0.133. The van der Waals surface area contributed by atoms with Crippen molar-refractivity contribution in [3.05, 3.63) is 47.9 Å². The van der Waals surface area contributed by atoms with Gasteiger partial charge in [0.2, 0.25) is 5.91 Å². The van der Waals surface area contributed by atoms with Crippen LogP contribution in [0, 0.1) is 11.3 Å². The van der Waals surface area contributed by atoms with Gasteiger partial charge in [-0.2, -0.15) is 8.42 Å². The van der Waals surface area contributed by atoms with E-state index in [2.05, 4.69) is 27.7 Å². The first kappa shape index (κ1) is 24.8. The van der Waals surface area contributed by atoms with Crippen molar-refractivity contribution in [2.45, 2.75) is 53.6 Å². The molecular weight excluding hydrogens is 418 g/mol. The lowest BCUT2D eigenvalue weighted by atomic mass is 9.84. The molecule has 1 aromatic heterocycles. The average Bonchev–Trinajstić information content (AvgIpc) is 3.11. The van der Waals surface area contributed by atoms with Gasteiger partial charge in [-0.1, -0.05) is 33.8 Å². The summed E-state index contributed by atoms with van der Waals surface area (Å²) in [5.74, 6) is 1.31.